The van der Waals surface area contributed by atoms with E-state index in [9.17, 15) is 4.79 Å². The molecule has 1 fully saturated rings. The summed E-state index contributed by atoms with van der Waals surface area (Å²) in [6.45, 7) is 6.48. The van der Waals surface area contributed by atoms with E-state index in [4.69, 9.17) is 0 Å². The Labute approximate surface area is 159 Å². The number of carbonyl (C=O) groups excluding carboxylic acids is 1. The second-order valence-corrected chi connectivity index (χ2v) is 7.29. The van der Waals surface area contributed by atoms with Crippen molar-refractivity contribution in [1.29, 1.82) is 0 Å². The number of nitrogens with zero attached hydrogens (tertiary/aromatic N) is 4. The van der Waals surface area contributed by atoms with Gasteiger partial charge >= 0.3 is 0 Å². The van der Waals surface area contributed by atoms with E-state index < -0.39 is 0 Å². The molecule has 5 heteroatoms. The maximum atomic E-state index is 12.7. The van der Waals surface area contributed by atoms with Gasteiger partial charge < -0.3 is 9.47 Å². The molecule has 0 saturated carbocycles. The van der Waals surface area contributed by atoms with Gasteiger partial charge in [-0.3, -0.25) is 9.78 Å². The third kappa shape index (κ3) is 3.63. The average molecular weight is 360 g/mol. The summed E-state index contributed by atoms with van der Waals surface area (Å²) < 4.78 is 2.28. The molecule has 4 rings (SSSR count). The maximum absolute atomic E-state index is 12.7. The molecular weight excluding hydrogens is 336 g/mol. The molecule has 0 spiro atoms. The predicted molar refractivity (Wildman–Crippen MR) is 105 cm³/mol. The van der Waals surface area contributed by atoms with E-state index in [1.54, 1.807) is 6.20 Å². The van der Waals surface area contributed by atoms with Gasteiger partial charge in [0.2, 0.25) is 0 Å². The summed E-state index contributed by atoms with van der Waals surface area (Å²) in [6.07, 6.45) is 4.62. The predicted octanol–water partition coefficient (Wildman–Crippen LogP) is 3.72. The molecule has 3 aromatic rings. The molecule has 1 aromatic carbocycles. The Balaban J connectivity index is 1.47. The number of hydrogen-bond donors (Lipinski definition) is 0. The van der Waals surface area contributed by atoms with Gasteiger partial charge in [0.25, 0.3) is 5.91 Å². The number of likely N-dealkylation sites (tertiary alicyclic amines) is 1. The van der Waals surface area contributed by atoms with Crippen LogP contribution in [0.1, 0.15) is 28.2 Å². The van der Waals surface area contributed by atoms with E-state index >= 15 is 0 Å². The molecule has 138 valence electrons. The molecule has 0 N–H and O–H groups in total. The summed E-state index contributed by atoms with van der Waals surface area (Å²) >= 11 is 0. The number of benzene rings is 1. The van der Waals surface area contributed by atoms with Gasteiger partial charge in [-0.15, -0.1) is 0 Å². The van der Waals surface area contributed by atoms with Gasteiger partial charge in [0.1, 0.15) is 5.82 Å². The summed E-state index contributed by atoms with van der Waals surface area (Å²) in [5.41, 5.74) is 3.88. The lowest BCUT2D eigenvalue weighted by molar-refractivity contribution is 0.0785. The maximum Gasteiger partial charge on any atom is 0.255 e. The van der Waals surface area contributed by atoms with Gasteiger partial charge in [-0.25, -0.2) is 4.98 Å². The van der Waals surface area contributed by atoms with Crippen LogP contribution in [-0.4, -0.2) is 38.4 Å². The highest BCUT2D eigenvalue weighted by Crippen LogP contribution is 2.25. The van der Waals surface area contributed by atoms with Crippen LogP contribution in [0.2, 0.25) is 0 Å². The Kier molecular flexibility index (Phi) is 4.75. The Morgan fingerprint density at radius 3 is 2.63 bits per heavy atom. The van der Waals surface area contributed by atoms with Crippen molar-refractivity contribution < 1.29 is 4.79 Å². The van der Waals surface area contributed by atoms with Crippen LogP contribution < -0.4 is 0 Å². The first-order valence-corrected chi connectivity index (χ1v) is 9.41. The quantitative estimate of drug-likeness (QED) is 0.712. The smallest absolute Gasteiger partial charge is 0.255 e. The molecule has 1 aliphatic heterocycles. The van der Waals surface area contributed by atoms with Gasteiger partial charge in [0.15, 0.2) is 0 Å². The Hall–Kier alpha value is -2.95. The molecule has 0 radical (unpaired) electrons. The highest BCUT2D eigenvalue weighted by molar-refractivity contribution is 5.94. The van der Waals surface area contributed by atoms with Crippen molar-refractivity contribution in [3.63, 3.8) is 0 Å². The normalized spacial score (nSPS) is 16.7. The molecule has 1 unspecified atom stereocenters. The summed E-state index contributed by atoms with van der Waals surface area (Å²) in [6, 6.07) is 14.0. The number of pyridine rings is 1. The molecule has 5 nitrogen and oxygen atoms in total. The molecule has 0 bridgehead atoms. The fourth-order valence-electron chi connectivity index (χ4n) is 3.71. The van der Waals surface area contributed by atoms with Gasteiger partial charge in [-0.05, 0) is 38.3 Å². The number of aromatic nitrogens is 3. The topological polar surface area (TPSA) is 51.0 Å². The zero-order chi connectivity index (χ0) is 18.8. The van der Waals surface area contributed by atoms with Crippen LogP contribution in [0.25, 0.3) is 11.4 Å². The molecule has 27 heavy (non-hydrogen) atoms. The molecular formula is C22H24N4O. The standard InChI is InChI=1S/C22H24N4O/c1-16-8-9-20(13-23-16)22(27)25-11-10-18(14-25)15-26-17(2)12-24-21(26)19-6-4-3-5-7-19/h3-9,12-13,18H,10-11,14-15H2,1-2H3. The molecule has 3 heterocycles. The summed E-state index contributed by atoms with van der Waals surface area (Å²) in [4.78, 5) is 23.5. The minimum atomic E-state index is 0.0793. The largest absolute Gasteiger partial charge is 0.338 e. The Morgan fingerprint density at radius 1 is 1.07 bits per heavy atom. The minimum absolute atomic E-state index is 0.0793. The number of rotatable bonds is 4. The van der Waals surface area contributed by atoms with Crippen molar-refractivity contribution in [3.8, 4) is 11.4 Å². The van der Waals surface area contributed by atoms with Crippen LogP contribution in [0.3, 0.4) is 0 Å². The van der Waals surface area contributed by atoms with Crippen molar-refractivity contribution in [2.75, 3.05) is 13.1 Å². The lowest BCUT2D eigenvalue weighted by Gasteiger charge is -2.18. The monoisotopic (exact) mass is 360 g/mol. The van der Waals surface area contributed by atoms with E-state index in [0.717, 1.165) is 48.8 Å². The number of hydrogen-bond acceptors (Lipinski definition) is 3. The van der Waals surface area contributed by atoms with Crippen LogP contribution >= 0.6 is 0 Å². The van der Waals surface area contributed by atoms with Gasteiger partial charge in [-0.2, -0.15) is 0 Å². The number of aryl methyl sites for hydroxylation is 2. The molecule has 1 amide bonds. The van der Waals surface area contributed by atoms with Gasteiger partial charge in [-0.1, -0.05) is 30.3 Å². The van der Waals surface area contributed by atoms with Crippen LogP contribution in [0.15, 0.2) is 54.9 Å². The van der Waals surface area contributed by atoms with Crippen molar-refractivity contribution in [3.05, 3.63) is 71.8 Å². The summed E-state index contributed by atoms with van der Waals surface area (Å²) in [7, 11) is 0. The van der Waals surface area contributed by atoms with Gasteiger partial charge in [0, 0.05) is 49.0 Å². The SMILES string of the molecule is Cc1ccc(C(=O)N2CCC(Cn3c(C)cnc3-c3ccccc3)C2)cn1. The molecule has 1 aliphatic rings. The highest BCUT2D eigenvalue weighted by atomic mass is 16.2. The van der Waals surface area contributed by atoms with E-state index in [2.05, 4.69) is 33.6 Å². The van der Waals surface area contributed by atoms with Crippen LogP contribution in [0.5, 0.6) is 0 Å². The number of imidazole rings is 1. The zero-order valence-electron chi connectivity index (χ0n) is 15.8. The van der Waals surface area contributed by atoms with Crippen LogP contribution in [0, 0.1) is 19.8 Å². The zero-order valence-corrected chi connectivity index (χ0v) is 15.8. The van der Waals surface area contributed by atoms with Crippen molar-refractivity contribution >= 4 is 5.91 Å². The van der Waals surface area contributed by atoms with Crippen molar-refractivity contribution in [2.24, 2.45) is 5.92 Å². The molecule has 1 atom stereocenters. The summed E-state index contributed by atoms with van der Waals surface area (Å²) in [5, 5.41) is 0. The first-order valence-electron chi connectivity index (χ1n) is 9.41. The number of amides is 1. The van der Waals surface area contributed by atoms with Crippen LogP contribution in [-0.2, 0) is 6.54 Å². The van der Waals surface area contributed by atoms with Gasteiger partial charge in [0.05, 0.1) is 5.56 Å². The minimum Gasteiger partial charge on any atom is -0.338 e. The second-order valence-electron chi connectivity index (χ2n) is 7.29. The number of carbonyl (C=O) groups is 1. The first kappa shape index (κ1) is 17.5. The average Bonchev–Trinajstić information content (AvgIpc) is 3.30. The Morgan fingerprint density at radius 2 is 1.89 bits per heavy atom. The third-order valence-electron chi connectivity index (χ3n) is 5.26. The van der Waals surface area contributed by atoms with Crippen LogP contribution in [0.4, 0.5) is 0 Å². The van der Waals surface area contributed by atoms with Crippen molar-refractivity contribution in [2.45, 2.75) is 26.8 Å². The van der Waals surface area contributed by atoms with E-state index in [1.165, 1.54) is 0 Å². The van der Waals surface area contributed by atoms with E-state index in [1.807, 2.05) is 48.4 Å². The summed E-state index contributed by atoms with van der Waals surface area (Å²) in [5.74, 6) is 1.51. The van der Waals surface area contributed by atoms with Crippen molar-refractivity contribution in [1.82, 2.24) is 19.4 Å². The molecule has 2 aromatic heterocycles. The first-order chi connectivity index (χ1) is 13.1. The fourth-order valence-corrected chi connectivity index (χ4v) is 3.71. The lowest BCUT2D eigenvalue weighted by atomic mass is 10.1. The molecule has 0 aliphatic carbocycles. The van der Waals surface area contributed by atoms with E-state index in [0.29, 0.717) is 11.5 Å². The third-order valence-corrected chi connectivity index (χ3v) is 5.26. The fraction of sp³-hybridized carbons (Fsp3) is 0.318. The second kappa shape index (κ2) is 7.35. The van der Waals surface area contributed by atoms with E-state index in [-0.39, 0.29) is 5.91 Å². The highest BCUT2D eigenvalue weighted by Gasteiger charge is 2.28. The lowest BCUT2D eigenvalue weighted by Crippen LogP contribution is -2.29. The Bertz CT molecular complexity index is 931. The molecule has 1 saturated heterocycles.